The van der Waals surface area contributed by atoms with E-state index in [1.807, 2.05) is 13.8 Å². The first-order valence-corrected chi connectivity index (χ1v) is 4.77. The minimum absolute atomic E-state index is 1.06. The predicted octanol–water partition coefficient (Wildman–Crippen LogP) is 3.42. The second-order valence-electron chi connectivity index (χ2n) is 3.17. The summed E-state index contributed by atoms with van der Waals surface area (Å²) < 4.78 is 0. The maximum Gasteiger partial charge on any atom is 0.0374 e. The van der Waals surface area contributed by atoms with Crippen LogP contribution in [0.3, 0.4) is 0 Å². The third-order valence-electron chi connectivity index (χ3n) is 1.62. The van der Waals surface area contributed by atoms with Crippen LogP contribution < -0.4 is 0 Å². The van der Waals surface area contributed by atoms with Crippen molar-refractivity contribution in [3.8, 4) is 0 Å². The molecule has 0 rings (SSSR count). The van der Waals surface area contributed by atoms with Crippen molar-refractivity contribution in [2.24, 2.45) is 10.2 Å². The van der Waals surface area contributed by atoms with E-state index in [2.05, 4.69) is 24.1 Å². The van der Waals surface area contributed by atoms with Gasteiger partial charge in [-0.05, 0) is 26.7 Å². The van der Waals surface area contributed by atoms with Gasteiger partial charge in [0.2, 0.25) is 0 Å². The van der Waals surface area contributed by atoms with Crippen LogP contribution in [0.2, 0.25) is 0 Å². The number of hydrogen-bond donors (Lipinski definition) is 0. The molecule has 0 unspecified atom stereocenters. The molecule has 0 fully saturated rings. The molecule has 0 saturated carbocycles. The Hall–Kier alpha value is -0.660. The van der Waals surface area contributed by atoms with Crippen LogP contribution in [0, 0.1) is 0 Å². The Bertz CT molecular complexity index is 149. The fourth-order valence-corrected chi connectivity index (χ4v) is 0.994. The topological polar surface area (TPSA) is 24.7 Å². The third-order valence-corrected chi connectivity index (χ3v) is 1.62. The van der Waals surface area contributed by atoms with Gasteiger partial charge < -0.3 is 0 Å². The molecular weight excluding hydrogens is 148 g/mol. The van der Waals surface area contributed by atoms with E-state index < -0.39 is 0 Å². The van der Waals surface area contributed by atoms with Gasteiger partial charge in [-0.3, -0.25) is 0 Å². The molecule has 0 aromatic heterocycles. The van der Waals surface area contributed by atoms with Crippen LogP contribution in [0.4, 0.5) is 0 Å². The average Bonchev–Trinajstić information content (AvgIpc) is 2.02. The molecule has 0 spiro atoms. The molecular formula is C10H20N2. The van der Waals surface area contributed by atoms with Gasteiger partial charge >= 0.3 is 0 Å². The quantitative estimate of drug-likeness (QED) is 0.444. The van der Waals surface area contributed by atoms with Gasteiger partial charge in [0, 0.05) is 11.4 Å². The van der Waals surface area contributed by atoms with E-state index >= 15 is 0 Å². The Morgan fingerprint density at radius 1 is 0.833 bits per heavy atom. The Labute approximate surface area is 75.8 Å². The SMILES string of the molecule is CCC/C(C)=N/N=C(\C)CCC. The van der Waals surface area contributed by atoms with E-state index in [0.717, 1.165) is 37.1 Å². The molecule has 0 saturated heterocycles. The van der Waals surface area contributed by atoms with Gasteiger partial charge in [-0.15, -0.1) is 0 Å². The van der Waals surface area contributed by atoms with Gasteiger partial charge in [-0.1, -0.05) is 26.7 Å². The summed E-state index contributed by atoms with van der Waals surface area (Å²) in [6, 6.07) is 0. The number of rotatable bonds is 5. The molecule has 12 heavy (non-hydrogen) atoms. The molecule has 0 atom stereocenters. The standard InChI is InChI=1S/C10H20N2/c1-5-7-9(3)11-12-10(4)8-6-2/h5-8H2,1-4H3/b11-9+,12-10+. The smallest absolute Gasteiger partial charge is 0.0374 e. The Morgan fingerprint density at radius 2 is 1.17 bits per heavy atom. The molecule has 2 nitrogen and oxygen atoms in total. The van der Waals surface area contributed by atoms with Crippen molar-refractivity contribution in [1.82, 2.24) is 0 Å². The van der Waals surface area contributed by atoms with E-state index in [0.29, 0.717) is 0 Å². The molecule has 0 heterocycles. The molecule has 0 N–H and O–H groups in total. The fourth-order valence-electron chi connectivity index (χ4n) is 0.994. The maximum atomic E-state index is 4.14. The van der Waals surface area contributed by atoms with E-state index in [1.165, 1.54) is 0 Å². The van der Waals surface area contributed by atoms with Crippen LogP contribution in [0.15, 0.2) is 10.2 Å². The monoisotopic (exact) mass is 168 g/mol. The predicted molar refractivity (Wildman–Crippen MR) is 56.0 cm³/mol. The van der Waals surface area contributed by atoms with Crippen LogP contribution in [0.1, 0.15) is 53.4 Å². The van der Waals surface area contributed by atoms with Crippen molar-refractivity contribution in [3.05, 3.63) is 0 Å². The largest absolute Gasteiger partial charge is 0.161 e. The normalized spacial score (nSPS) is 13.7. The van der Waals surface area contributed by atoms with Gasteiger partial charge in [0.05, 0.1) is 0 Å². The first-order valence-electron chi connectivity index (χ1n) is 4.77. The highest BCUT2D eigenvalue weighted by Crippen LogP contribution is 1.95. The van der Waals surface area contributed by atoms with Crippen molar-refractivity contribution in [2.75, 3.05) is 0 Å². The average molecular weight is 168 g/mol. The highest BCUT2D eigenvalue weighted by molar-refractivity contribution is 5.85. The van der Waals surface area contributed by atoms with Crippen LogP contribution >= 0.6 is 0 Å². The summed E-state index contributed by atoms with van der Waals surface area (Å²) >= 11 is 0. The maximum absolute atomic E-state index is 4.14. The van der Waals surface area contributed by atoms with E-state index in [4.69, 9.17) is 0 Å². The summed E-state index contributed by atoms with van der Waals surface area (Å²) in [6.45, 7) is 8.38. The zero-order valence-corrected chi connectivity index (χ0v) is 8.72. The molecule has 0 aromatic carbocycles. The van der Waals surface area contributed by atoms with Gasteiger partial charge in [0.25, 0.3) is 0 Å². The van der Waals surface area contributed by atoms with Crippen molar-refractivity contribution in [2.45, 2.75) is 53.4 Å². The molecule has 0 amide bonds. The molecule has 0 aromatic rings. The lowest BCUT2D eigenvalue weighted by molar-refractivity contribution is 0.960. The van der Waals surface area contributed by atoms with Gasteiger partial charge in [0.1, 0.15) is 0 Å². The number of nitrogens with zero attached hydrogens (tertiary/aromatic N) is 2. The number of hydrogen-bond acceptors (Lipinski definition) is 2. The lowest BCUT2D eigenvalue weighted by Gasteiger charge is -1.95. The molecule has 2 heteroatoms. The summed E-state index contributed by atoms with van der Waals surface area (Å²) in [4.78, 5) is 0. The summed E-state index contributed by atoms with van der Waals surface area (Å²) in [6.07, 6.45) is 4.42. The zero-order valence-electron chi connectivity index (χ0n) is 8.72. The first-order chi connectivity index (χ1) is 5.70. The summed E-state index contributed by atoms with van der Waals surface area (Å²) in [5, 5.41) is 8.27. The zero-order chi connectivity index (χ0) is 9.40. The minimum atomic E-state index is 1.06. The molecule has 0 aliphatic rings. The van der Waals surface area contributed by atoms with Crippen LogP contribution in [0.5, 0.6) is 0 Å². The summed E-state index contributed by atoms with van der Waals surface area (Å²) in [5.41, 5.74) is 2.26. The Morgan fingerprint density at radius 3 is 1.42 bits per heavy atom. The molecule has 0 aliphatic heterocycles. The van der Waals surface area contributed by atoms with Crippen molar-refractivity contribution >= 4 is 11.4 Å². The van der Waals surface area contributed by atoms with Crippen molar-refractivity contribution in [3.63, 3.8) is 0 Å². The van der Waals surface area contributed by atoms with Crippen LogP contribution in [0.25, 0.3) is 0 Å². The second-order valence-corrected chi connectivity index (χ2v) is 3.17. The van der Waals surface area contributed by atoms with Crippen LogP contribution in [-0.2, 0) is 0 Å². The first kappa shape index (κ1) is 11.3. The Balaban J connectivity index is 3.89. The summed E-state index contributed by atoms with van der Waals surface area (Å²) in [7, 11) is 0. The molecule has 0 aliphatic carbocycles. The Kier molecular flexibility index (Phi) is 6.63. The van der Waals surface area contributed by atoms with Gasteiger partial charge in [-0.25, -0.2) is 0 Å². The fraction of sp³-hybridized carbons (Fsp3) is 0.800. The van der Waals surface area contributed by atoms with Crippen LogP contribution in [-0.4, -0.2) is 11.4 Å². The lowest BCUT2D eigenvalue weighted by atomic mass is 10.2. The molecule has 0 radical (unpaired) electrons. The van der Waals surface area contributed by atoms with Crippen molar-refractivity contribution < 1.29 is 0 Å². The van der Waals surface area contributed by atoms with Gasteiger partial charge in [0.15, 0.2) is 0 Å². The van der Waals surface area contributed by atoms with E-state index in [1.54, 1.807) is 0 Å². The van der Waals surface area contributed by atoms with E-state index in [-0.39, 0.29) is 0 Å². The third kappa shape index (κ3) is 6.08. The van der Waals surface area contributed by atoms with Crippen molar-refractivity contribution in [1.29, 1.82) is 0 Å². The molecule has 0 bridgehead atoms. The van der Waals surface area contributed by atoms with Gasteiger partial charge in [-0.2, -0.15) is 10.2 Å². The minimum Gasteiger partial charge on any atom is -0.161 e. The van der Waals surface area contributed by atoms with E-state index in [9.17, 15) is 0 Å². The second kappa shape index (κ2) is 7.01. The highest BCUT2D eigenvalue weighted by Gasteiger charge is 1.89. The lowest BCUT2D eigenvalue weighted by Crippen LogP contribution is -1.92. The highest BCUT2D eigenvalue weighted by atomic mass is 15.2. The molecule has 70 valence electrons. The summed E-state index contributed by atoms with van der Waals surface area (Å²) in [5.74, 6) is 0.